The van der Waals surface area contributed by atoms with Crippen molar-refractivity contribution in [2.75, 3.05) is 33.4 Å². The summed E-state index contributed by atoms with van der Waals surface area (Å²) in [4.78, 5) is 2.69. The monoisotopic (exact) mass is 256 g/mol. The predicted octanol–water partition coefficient (Wildman–Crippen LogP) is 2.51. The van der Waals surface area contributed by atoms with E-state index in [0.717, 1.165) is 31.5 Å². The first-order valence-electron chi connectivity index (χ1n) is 7.69. The molecule has 1 rings (SSSR count). The molecule has 0 saturated carbocycles. The van der Waals surface area contributed by atoms with Gasteiger partial charge >= 0.3 is 0 Å². The maximum Gasteiger partial charge on any atom is 0.0474 e. The molecule has 3 atom stereocenters. The fourth-order valence-corrected chi connectivity index (χ4v) is 2.85. The third-order valence-corrected chi connectivity index (χ3v) is 4.31. The van der Waals surface area contributed by atoms with Crippen molar-refractivity contribution >= 4 is 0 Å². The predicted molar refractivity (Wildman–Crippen MR) is 78.0 cm³/mol. The largest absolute Gasteiger partial charge is 0.385 e. The van der Waals surface area contributed by atoms with Crippen LogP contribution in [0.25, 0.3) is 0 Å². The fraction of sp³-hybridized carbons (Fsp3) is 1.00. The number of nitrogens with zero attached hydrogens (tertiary/aromatic N) is 1. The van der Waals surface area contributed by atoms with Crippen molar-refractivity contribution in [3.05, 3.63) is 0 Å². The van der Waals surface area contributed by atoms with Crippen LogP contribution in [-0.4, -0.2) is 50.3 Å². The standard InChI is InChI=1S/C15H32N2O/c1-5-8-14-11-16-15(13(3)6-2)12-17(14)9-7-10-18-4/h13-16H,5-12H2,1-4H3. The number of hydrogen-bond donors (Lipinski definition) is 1. The number of piperazine rings is 1. The summed E-state index contributed by atoms with van der Waals surface area (Å²) in [6.45, 7) is 11.4. The molecule has 1 saturated heterocycles. The fourth-order valence-electron chi connectivity index (χ4n) is 2.85. The average Bonchev–Trinajstić information content (AvgIpc) is 2.40. The van der Waals surface area contributed by atoms with E-state index in [1.54, 1.807) is 7.11 Å². The lowest BCUT2D eigenvalue weighted by Crippen LogP contribution is -2.58. The lowest BCUT2D eigenvalue weighted by molar-refractivity contribution is 0.0896. The second kappa shape index (κ2) is 8.89. The zero-order valence-corrected chi connectivity index (χ0v) is 12.7. The lowest BCUT2D eigenvalue weighted by atomic mass is 9.94. The molecule has 1 heterocycles. The number of nitrogens with one attached hydrogen (secondary N) is 1. The molecule has 0 aromatic heterocycles. The molecule has 0 aliphatic carbocycles. The first-order valence-corrected chi connectivity index (χ1v) is 7.69. The highest BCUT2D eigenvalue weighted by Crippen LogP contribution is 2.18. The highest BCUT2D eigenvalue weighted by Gasteiger charge is 2.28. The molecule has 0 radical (unpaired) electrons. The number of hydrogen-bond acceptors (Lipinski definition) is 3. The summed E-state index contributed by atoms with van der Waals surface area (Å²) in [6.07, 6.45) is 5.01. The van der Waals surface area contributed by atoms with Crippen molar-refractivity contribution in [2.45, 2.75) is 58.5 Å². The Morgan fingerprint density at radius 1 is 1.39 bits per heavy atom. The second-order valence-electron chi connectivity index (χ2n) is 5.68. The van der Waals surface area contributed by atoms with E-state index in [1.165, 1.54) is 32.4 Å². The van der Waals surface area contributed by atoms with Crippen LogP contribution in [0, 0.1) is 5.92 Å². The van der Waals surface area contributed by atoms with Gasteiger partial charge < -0.3 is 10.1 Å². The Labute approximate surface area is 113 Å². The van der Waals surface area contributed by atoms with Crippen LogP contribution in [0.2, 0.25) is 0 Å². The van der Waals surface area contributed by atoms with Crippen LogP contribution in [0.4, 0.5) is 0 Å². The van der Waals surface area contributed by atoms with Crippen molar-refractivity contribution < 1.29 is 4.74 Å². The Balaban J connectivity index is 2.47. The number of methoxy groups -OCH3 is 1. The molecule has 18 heavy (non-hydrogen) atoms. The minimum Gasteiger partial charge on any atom is -0.385 e. The summed E-state index contributed by atoms with van der Waals surface area (Å²) < 4.78 is 5.18. The van der Waals surface area contributed by atoms with Crippen molar-refractivity contribution in [1.29, 1.82) is 0 Å². The van der Waals surface area contributed by atoms with E-state index < -0.39 is 0 Å². The second-order valence-corrected chi connectivity index (χ2v) is 5.68. The highest BCUT2D eigenvalue weighted by molar-refractivity contribution is 4.88. The van der Waals surface area contributed by atoms with Gasteiger partial charge in [0, 0.05) is 45.4 Å². The minimum absolute atomic E-state index is 0.672. The molecule has 0 amide bonds. The molecule has 0 spiro atoms. The Hall–Kier alpha value is -0.120. The Morgan fingerprint density at radius 2 is 2.17 bits per heavy atom. The molecule has 3 heteroatoms. The van der Waals surface area contributed by atoms with Crippen LogP contribution in [0.1, 0.15) is 46.5 Å². The number of ether oxygens (including phenoxy) is 1. The summed E-state index contributed by atoms with van der Waals surface area (Å²) in [7, 11) is 1.79. The van der Waals surface area contributed by atoms with Gasteiger partial charge in [0.1, 0.15) is 0 Å². The molecule has 0 aromatic rings. The molecule has 0 bridgehead atoms. The lowest BCUT2D eigenvalue weighted by Gasteiger charge is -2.42. The van der Waals surface area contributed by atoms with Crippen LogP contribution in [0.5, 0.6) is 0 Å². The van der Waals surface area contributed by atoms with Crippen molar-refractivity contribution in [2.24, 2.45) is 5.92 Å². The molecule has 1 N–H and O–H groups in total. The molecular formula is C15H32N2O. The first-order chi connectivity index (χ1) is 8.72. The topological polar surface area (TPSA) is 24.5 Å². The summed E-state index contributed by atoms with van der Waals surface area (Å²) in [6, 6.07) is 1.40. The van der Waals surface area contributed by atoms with E-state index in [-0.39, 0.29) is 0 Å². The molecular weight excluding hydrogens is 224 g/mol. The van der Waals surface area contributed by atoms with Crippen LogP contribution in [0.15, 0.2) is 0 Å². The molecule has 1 aliphatic heterocycles. The maximum atomic E-state index is 5.18. The van der Waals surface area contributed by atoms with E-state index in [9.17, 15) is 0 Å². The Kier molecular flexibility index (Phi) is 7.87. The van der Waals surface area contributed by atoms with Gasteiger partial charge in [0.15, 0.2) is 0 Å². The van der Waals surface area contributed by atoms with Gasteiger partial charge in [0.25, 0.3) is 0 Å². The third kappa shape index (κ3) is 4.87. The first kappa shape index (κ1) is 15.9. The molecule has 1 aliphatic rings. The Morgan fingerprint density at radius 3 is 2.78 bits per heavy atom. The van der Waals surface area contributed by atoms with Gasteiger partial charge in [-0.15, -0.1) is 0 Å². The van der Waals surface area contributed by atoms with Gasteiger partial charge in [-0.1, -0.05) is 33.6 Å². The minimum atomic E-state index is 0.672. The van der Waals surface area contributed by atoms with Gasteiger partial charge in [-0.3, -0.25) is 4.90 Å². The molecule has 1 fully saturated rings. The van der Waals surface area contributed by atoms with Gasteiger partial charge in [-0.05, 0) is 18.8 Å². The summed E-state index contributed by atoms with van der Waals surface area (Å²) in [5, 5.41) is 3.75. The Bertz CT molecular complexity index is 211. The highest BCUT2D eigenvalue weighted by atomic mass is 16.5. The summed E-state index contributed by atoms with van der Waals surface area (Å²) >= 11 is 0. The number of rotatable bonds is 8. The smallest absolute Gasteiger partial charge is 0.0474 e. The maximum absolute atomic E-state index is 5.18. The molecule has 3 nitrogen and oxygen atoms in total. The summed E-state index contributed by atoms with van der Waals surface area (Å²) in [5.74, 6) is 0.775. The molecule has 3 unspecified atom stereocenters. The third-order valence-electron chi connectivity index (χ3n) is 4.31. The van der Waals surface area contributed by atoms with Crippen molar-refractivity contribution in [1.82, 2.24) is 10.2 Å². The van der Waals surface area contributed by atoms with Crippen LogP contribution >= 0.6 is 0 Å². The normalized spacial score (nSPS) is 27.3. The van der Waals surface area contributed by atoms with Crippen molar-refractivity contribution in [3.63, 3.8) is 0 Å². The molecule has 108 valence electrons. The zero-order valence-electron chi connectivity index (χ0n) is 12.7. The molecule has 0 aromatic carbocycles. The SMILES string of the molecule is CCCC1CNC(C(C)CC)CN1CCCOC. The van der Waals surface area contributed by atoms with Gasteiger partial charge in [-0.25, -0.2) is 0 Å². The van der Waals surface area contributed by atoms with E-state index in [2.05, 4.69) is 31.0 Å². The van der Waals surface area contributed by atoms with Crippen LogP contribution in [-0.2, 0) is 4.74 Å². The van der Waals surface area contributed by atoms with Gasteiger partial charge in [-0.2, -0.15) is 0 Å². The van der Waals surface area contributed by atoms with Gasteiger partial charge in [0.2, 0.25) is 0 Å². The van der Waals surface area contributed by atoms with Crippen molar-refractivity contribution in [3.8, 4) is 0 Å². The summed E-state index contributed by atoms with van der Waals surface area (Å²) in [5.41, 5.74) is 0. The van der Waals surface area contributed by atoms with E-state index >= 15 is 0 Å². The quantitative estimate of drug-likeness (QED) is 0.675. The van der Waals surface area contributed by atoms with E-state index in [4.69, 9.17) is 4.74 Å². The van der Waals surface area contributed by atoms with Crippen LogP contribution < -0.4 is 5.32 Å². The van der Waals surface area contributed by atoms with E-state index in [0.29, 0.717) is 6.04 Å². The van der Waals surface area contributed by atoms with Gasteiger partial charge in [0.05, 0.1) is 0 Å². The zero-order chi connectivity index (χ0) is 13.4. The van der Waals surface area contributed by atoms with E-state index in [1.807, 2.05) is 0 Å². The van der Waals surface area contributed by atoms with Crippen LogP contribution in [0.3, 0.4) is 0 Å². The average molecular weight is 256 g/mol.